The van der Waals surface area contributed by atoms with E-state index in [0.29, 0.717) is 22.8 Å². The van der Waals surface area contributed by atoms with Crippen LogP contribution in [0, 0.1) is 6.92 Å². The molecule has 3 rings (SSSR count). The van der Waals surface area contributed by atoms with Crippen LogP contribution in [0.15, 0.2) is 57.5 Å². The lowest BCUT2D eigenvalue weighted by Crippen LogP contribution is -2.30. The Kier molecular flexibility index (Phi) is 4.73. The SMILES string of the molecule is CCN(c1cccc(C)c1)S(=O)(=O)c1ccc(-c2ccc(=O)[nH]n2)s1. The standard InChI is InChI=1S/C17H17N3O3S2/c1-3-20(13-6-4-5-12(2)11-13)25(22,23)17-10-8-15(24-17)14-7-9-16(21)19-18-14/h4-11H,3H2,1-2H3,(H,19,21). The van der Waals surface area contributed by atoms with E-state index in [2.05, 4.69) is 10.2 Å². The summed E-state index contributed by atoms with van der Waals surface area (Å²) in [5, 5.41) is 6.30. The molecule has 1 N–H and O–H groups in total. The molecule has 0 saturated heterocycles. The van der Waals surface area contributed by atoms with E-state index >= 15 is 0 Å². The van der Waals surface area contributed by atoms with Crippen LogP contribution in [0.25, 0.3) is 10.6 Å². The van der Waals surface area contributed by atoms with Crippen LogP contribution in [0.4, 0.5) is 5.69 Å². The maximum Gasteiger partial charge on any atom is 0.273 e. The lowest BCUT2D eigenvalue weighted by molar-refractivity contribution is 0.594. The Morgan fingerprint density at radius 3 is 2.60 bits per heavy atom. The van der Waals surface area contributed by atoms with Crippen LogP contribution in [-0.2, 0) is 10.0 Å². The third kappa shape index (κ3) is 3.49. The number of H-pyrrole nitrogens is 1. The molecule has 1 aromatic carbocycles. The minimum absolute atomic E-state index is 0.235. The van der Waals surface area contributed by atoms with E-state index in [1.54, 1.807) is 31.2 Å². The van der Waals surface area contributed by atoms with Gasteiger partial charge in [0.15, 0.2) is 0 Å². The molecule has 0 unspecified atom stereocenters. The number of anilines is 1. The number of hydrogen-bond acceptors (Lipinski definition) is 5. The van der Waals surface area contributed by atoms with E-state index in [-0.39, 0.29) is 9.77 Å². The molecule has 130 valence electrons. The minimum Gasteiger partial charge on any atom is -0.268 e. The fourth-order valence-electron chi connectivity index (χ4n) is 2.46. The van der Waals surface area contributed by atoms with Crippen LogP contribution in [-0.4, -0.2) is 25.2 Å². The first-order valence-corrected chi connectivity index (χ1v) is 9.93. The van der Waals surface area contributed by atoms with E-state index in [4.69, 9.17) is 0 Å². The van der Waals surface area contributed by atoms with Crippen molar-refractivity contribution in [2.24, 2.45) is 0 Å². The lowest BCUT2D eigenvalue weighted by Gasteiger charge is -2.22. The maximum atomic E-state index is 13.0. The number of benzene rings is 1. The van der Waals surface area contributed by atoms with Crippen LogP contribution in [0.3, 0.4) is 0 Å². The molecular formula is C17H17N3O3S2. The number of aryl methyl sites for hydroxylation is 1. The Morgan fingerprint density at radius 1 is 1.16 bits per heavy atom. The van der Waals surface area contributed by atoms with Crippen LogP contribution < -0.4 is 9.86 Å². The number of sulfonamides is 1. The highest BCUT2D eigenvalue weighted by Gasteiger charge is 2.25. The van der Waals surface area contributed by atoms with Gasteiger partial charge in [-0.3, -0.25) is 9.10 Å². The Balaban J connectivity index is 1.99. The molecule has 0 aliphatic heterocycles. The van der Waals surface area contributed by atoms with Crippen molar-refractivity contribution in [1.29, 1.82) is 0 Å². The summed E-state index contributed by atoms with van der Waals surface area (Å²) in [6, 6.07) is 13.6. The largest absolute Gasteiger partial charge is 0.273 e. The van der Waals surface area contributed by atoms with Crippen molar-refractivity contribution < 1.29 is 8.42 Å². The van der Waals surface area contributed by atoms with Gasteiger partial charge in [0, 0.05) is 12.6 Å². The van der Waals surface area contributed by atoms with E-state index in [1.165, 1.54) is 10.4 Å². The van der Waals surface area contributed by atoms with Gasteiger partial charge in [-0.15, -0.1) is 11.3 Å². The average Bonchev–Trinajstić information content (AvgIpc) is 3.07. The first-order valence-electron chi connectivity index (χ1n) is 7.67. The van der Waals surface area contributed by atoms with Gasteiger partial charge in [0.2, 0.25) is 0 Å². The Labute approximate surface area is 149 Å². The molecular weight excluding hydrogens is 358 g/mol. The van der Waals surface area contributed by atoms with Crippen molar-refractivity contribution in [1.82, 2.24) is 10.2 Å². The molecule has 0 spiro atoms. The molecule has 3 aromatic rings. The molecule has 0 fully saturated rings. The Morgan fingerprint density at radius 2 is 1.96 bits per heavy atom. The number of hydrogen-bond donors (Lipinski definition) is 1. The molecule has 0 radical (unpaired) electrons. The van der Waals surface area contributed by atoms with E-state index < -0.39 is 10.0 Å². The molecule has 2 aromatic heterocycles. The summed E-state index contributed by atoms with van der Waals surface area (Å²) in [5.41, 5.74) is 1.87. The van der Waals surface area contributed by atoms with Gasteiger partial charge in [0.25, 0.3) is 15.6 Å². The second-order valence-electron chi connectivity index (χ2n) is 5.43. The number of nitrogens with zero attached hydrogens (tertiary/aromatic N) is 2. The Hall–Kier alpha value is -2.45. The van der Waals surface area contributed by atoms with Gasteiger partial charge in [-0.2, -0.15) is 5.10 Å². The first kappa shape index (κ1) is 17.4. The molecule has 0 aliphatic carbocycles. The van der Waals surface area contributed by atoms with Gasteiger partial charge in [-0.25, -0.2) is 13.5 Å². The van der Waals surface area contributed by atoms with Crippen molar-refractivity contribution in [3.05, 3.63) is 64.4 Å². The number of aromatic amines is 1. The third-order valence-corrected chi connectivity index (χ3v) is 7.11. The molecule has 0 bridgehead atoms. The van der Waals surface area contributed by atoms with Gasteiger partial charge in [-0.1, -0.05) is 12.1 Å². The second kappa shape index (κ2) is 6.81. The molecule has 8 heteroatoms. The summed E-state index contributed by atoms with van der Waals surface area (Å²) in [6.07, 6.45) is 0. The van der Waals surface area contributed by atoms with E-state index in [1.807, 2.05) is 25.1 Å². The summed E-state index contributed by atoms with van der Waals surface area (Å²) < 4.78 is 27.7. The monoisotopic (exact) mass is 375 g/mol. The zero-order valence-corrected chi connectivity index (χ0v) is 15.4. The van der Waals surface area contributed by atoms with Crippen LogP contribution in [0.5, 0.6) is 0 Å². The lowest BCUT2D eigenvalue weighted by atomic mass is 10.2. The topological polar surface area (TPSA) is 83.1 Å². The highest BCUT2D eigenvalue weighted by molar-refractivity contribution is 7.94. The molecule has 0 amide bonds. The second-order valence-corrected chi connectivity index (χ2v) is 8.61. The van der Waals surface area contributed by atoms with Gasteiger partial charge < -0.3 is 0 Å². The van der Waals surface area contributed by atoms with Crippen LogP contribution in [0.2, 0.25) is 0 Å². The molecule has 25 heavy (non-hydrogen) atoms. The summed E-state index contributed by atoms with van der Waals surface area (Å²) in [6.45, 7) is 4.06. The molecule has 0 aliphatic rings. The van der Waals surface area contributed by atoms with E-state index in [0.717, 1.165) is 16.9 Å². The van der Waals surface area contributed by atoms with Crippen molar-refractivity contribution in [2.75, 3.05) is 10.8 Å². The van der Waals surface area contributed by atoms with Gasteiger partial charge in [0.1, 0.15) is 9.90 Å². The predicted octanol–water partition coefficient (Wildman–Crippen LogP) is 3.02. The average molecular weight is 375 g/mol. The zero-order valence-electron chi connectivity index (χ0n) is 13.8. The van der Waals surface area contributed by atoms with Gasteiger partial charge in [0.05, 0.1) is 10.6 Å². The molecule has 2 heterocycles. The molecule has 0 saturated carbocycles. The van der Waals surface area contributed by atoms with Crippen LogP contribution in [0.1, 0.15) is 12.5 Å². The van der Waals surface area contributed by atoms with Crippen molar-refractivity contribution in [3.8, 4) is 10.6 Å². The molecule has 6 nitrogen and oxygen atoms in total. The maximum absolute atomic E-state index is 13.0. The highest BCUT2D eigenvalue weighted by Crippen LogP contribution is 2.32. The number of aromatic nitrogens is 2. The summed E-state index contributed by atoms with van der Waals surface area (Å²) >= 11 is 1.13. The quantitative estimate of drug-likeness (QED) is 0.743. The summed E-state index contributed by atoms with van der Waals surface area (Å²) in [7, 11) is -3.66. The number of thiophene rings is 1. The normalized spacial score (nSPS) is 11.4. The van der Waals surface area contributed by atoms with E-state index in [9.17, 15) is 13.2 Å². The summed E-state index contributed by atoms with van der Waals surface area (Å²) in [4.78, 5) is 11.8. The number of rotatable bonds is 5. The predicted molar refractivity (Wildman–Crippen MR) is 99.6 cm³/mol. The van der Waals surface area contributed by atoms with Crippen molar-refractivity contribution in [3.63, 3.8) is 0 Å². The summed E-state index contributed by atoms with van der Waals surface area (Å²) in [5.74, 6) is 0. The fraction of sp³-hybridized carbons (Fsp3) is 0.176. The fourth-order valence-corrected chi connectivity index (χ4v) is 5.32. The smallest absolute Gasteiger partial charge is 0.268 e. The van der Waals surface area contributed by atoms with Gasteiger partial charge >= 0.3 is 0 Å². The minimum atomic E-state index is -3.66. The Bertz CT molecular complexity index is 1030. The third-order valence-electron chi connectivity index (χ3n) is 3.63. The van der Waals surface area contributed by atoms with Crippen LogP contribution >= 0.6 is 11.3 Å². The molecule has 0 atom stereocenters. The van der Waals surface area contributed by atoms with Crippen molar-refractivity contribution >= 4 is 27.0 Å². The first-order chi connectivity index (χ1) is 11.9. The number of nitrogens with one attached hydrogen (secondary N) is 1. The van der Waals surface area contributed by atoms with Gasteiger partial charge in [-0.05, 0) is 49.7 Å². The highest BCUT2D eigenvalue weighted by atomic mass is 32.2. The zero-order chi connectivity index (χ0) is 18.0. The van der Waals surface area contributed by atoms with Crippen molar-refractivity contribution in [2.45, 2.75) is 18.1 Å².